The van der Waals surface area contributed by atoms with Crippen molar-refractivity contribution in [1.29, 1.82) is 0 Å². The minimum atomic E-state index is -4.29. The molecule has 4 heterocycles. The van der Waals surface area contributed by atoms with Crippen molar-refractivity contribution in [2.45, 2.75) is 25.7 Å². The number of hydrogen-bond donors (Lipinski definition) is 3. The third-order valence-electron chi connectivity index (χ3n) is 7.08. The van der Waals surface area contributed by atoms with Gasteiger partial charge >= 0.3 is 0 Å². The number of aromatic nitrogens is 5. The second-order valence-electron chi connectivity index (χ2n) is 10.4. The number of fused-ring (bicyclic) bond motifs is 1. The van der Waals surface area contributed by atoms with Crippen LogP contribution in [0.15, 0.2) is 78.1 Å². The fraction of sp³-hybridized carbons (Fsp3) is 0.0968. The van der Waals surface area contributed by atoms with Gasteiger partial charge in [0.2, 0.25) is 17.6 Å². The van der Waals surface area contributed by atoms with E-state index in [-0.39, 0.29) is 34.4 Å². The van der Waals surface area contributed by atoms with Crippen molar-refractivity contribution in [2.75, 3.05) is 10.5 Å². The van der Waals surface area contributed by atoms with Gasteiger partial charge in [-0.15, -0.1) is 0 Å². The van der Waals surface area contributed by atoms with E-state index in [0.29, 0.717) is 33.3 Å². The lowest BCUT2D eigenvalue weighted by Crippen LogP contribution is -2.16. The lowest BCUT2D eigenvalue weighted by molar-refractivity contribution is 0.103. The van der Waals surface area contributed by atoms with E-state index >= 15 is 0 Å². The van der Waals surface area contributed by atoms with Crippen molar-refractivity contribution in [1.82, 2.24) is 24.7 Å². The Morgan fingerprint density at radius 1 is 0.978 bits per heavy atom. The predicted octanol–water partition coefficient (Wildman–Crippen LogP) is 5.75. The molecule has 0 radical (unpaired) electrons. The second-order valence-corrected chi connectivity index (χ2v) is 12.0. The summed E-state index contributed by atoms with van der Waals surface area (Å²) in [7, 11) is -4.29. The first-order chi connectivity index (χ1) is 21.4. The molecule has 0 unspecified atom stereocenters. The molecule has 6 aromatic rings. The van der Waals surface area contributed by atoms with Crippen LogP contribution in [0.5, 0.6) is 11.6 Å². The summed E-state index contributed by atoms with van der Waals surface area (Å²) in [5, 5.41) is 4.93. The number of nitrogens with two attached hydrogens (primary N) is 1. The maximum atomic E-state index is 14.2. The quantitative estimate of drug-likeness (QED) is 0.142. The second kappa shape index (κ2) is 11.1. The summed E-state index contributed by atoms with van der Waals surface area (Å²) in [6.07, 6.45) is 4.02. The molecular formula is C31H25F2N7O4S. The number of pyridine rings is 2. The maximum absolute atomic E-state index is 14.2. The van der Waals surface area contributed by atoms with E-state index in [0.717, 1.165) is 0 Å². The molecule has 0 atom stereocenters. The number of carbonyl (C=O) groups is 1. The summed E-state index contributed by atoms with van der Waals surface area (Å²) in [5.41, 5.74) is 9.49. The number of ether oxygens (including phenoxy) is 1. The Balaban J connectivity index is 1.26. The lowest BCUT2D eigenvalue weighted by Gasteiger charge is -2.11. The number of aryl methyl sites for hydroxylation is 3. The topological polar surface area (TPSA) is 158 Å². The number of carbonyl (C=O) groups excluding carboxylic acids is 1. The van der Waals surface area contributed by atoms with Crippen molar-refractivity contribution in [3.63, 3.8) is 0 Å². The van der Waals surface area contributed by atoms with Crippen LogP contribution in [0.1, 0.15) is 32.7 Å². The average molecular weight is 630 g/mol. The van der Waals surface area contributed by atoms with Crippen molar-refractivity contribution in [3.05, 3.63) is 113 Å². The predicted molar refractivity (Wildman–Crippen MR) is 163 cm³/mol. The van der Waals surface area contributed by atoms with Crippen LogP contribution >= 0.6 is 0 Å². The minimum Gasteiger partial charge on any atom is -0.436 e. The Morgan fingerprint density at radius 3 is 2.51 bits per heavy atom. The van der Waals surface area contributed by atoms with Gasteiger partial charge in [-0.3, -0.25) is 9.52 Å². The fourth-order valence-corrected chi connectivity index (χ4v) is 5.99. The molecule has 0 fully saturated rings. The number of sulfonamides is 1. The number of nitrogens with zero attached hydrogens (tertiary/aromatic N) is 4. The Kier molecular flexibility index (Phi) is 7.29. The number of anilines is 2. The number of H-pyrrole nitrogens is 1. The Bertz CT molecular complexity index is 2250. The number of aromatic amines is 1. The highest BCUT2D eigenvalue weighted by molar-refractivity contribution is 7.92. The van der Waals surface area contributed by atoms with Crippen LogP contribution in [0.3, 0.4) is 0 Å². The zero-order chi connectivity index (χ0) is 32.0. The summed E-state index contributed by atoms with van der Waals surface area (Å²) < 4.78 is 63.5. The van der Waals surface area contributed by atoms with Crippen molar-refractivity contribution < 1.29 is 26.7 Å². The highest BCUT2D eigenvalue weighted by atomic mass is 32.2. The number of ketones is 1. The Morgan fingerprint density at radius 2 is 1.76 bits per heavy atom. The number of halogens is 2. The summed E-state index contributed by atoms with van der Waals surface area (Å²) in [4.78, 5) is 23.7. The molecule has 4 aromatic heterocycles. The molecule has 2 aromatic carbocycles. The number of nitrogen functional groups attached to an aromatic ring is 1. The SMILES string of the molecule is Cc1cnc(F)c(S(=O)(=O)Nc2cc3[nH]c(C(=O)c4cnn(-c5cnc(Oc6ccccc6F)cc5C)c4N)cc3cc2C)c1. The average Bonchev–Trinajstić information content (AvgIpc) is 3.58. The van der Waals surface area contributed by atoms with Gasteiger partial charge in [-0.05, 0) is 73.9 Å². The Hall–Kier alpha value is -5.63. The van der Waals surface area contributed by atoms with Gasteiger partial charge in [-0.2, -0.15) is 9.49 Å². The van der Waals surface area contributed by atoms with Crippen LogP contribution in [0, 0.1) is 32.5 Å². The number of nitrogens with one attached hydrogen (secondary N) is 2. The van der Waals surface area contributed by atoms with Crippen LogP contribution < -0.4 is 15.2 Å². The molecule has 0 saturated heterocycles. The molecule has 6 rings (SSSR count). The van der Waals surface area contributed by atoms with Gasteiger partial charge in [0.05, 0.1) is 35.0 Å². The maximum Gasteiger partial charge on any atom is 0.266 e. The first-order valence-electron chi connectivity index (χ1n) is 13.5. The van der Waals surface area contributed by atoms with E-state index in [2.05, 4.69) is 24.8 Å². The molecule has 0 spiro atoms. The molecule has 0 aliphatic carbocycles. The van der Waals surface area contributed by atoms with Crippen molar-refractivity contribution >= 4 is 38.2 Å². The van der Waals surface area contributed by atoms with Gasteiger partial charge in [-0.1, -0.05) is 12.1 Å². The first kappa shape index (κ1) is 29.4. The fourth-order valence-electron chi connectivity index (χ4n) is 4.75. The summed E-state index contributed by atoms with van der Waals surface area (Å²) in [6.45, 7) is 5.06. The van der Waals surface area contributed by atoms with E-state index in [1.54, 1.807) is 51.1 Å². The van der Waals surface area contributed by atoms with Crippen LogP contribution in [-0.2, 0) is 10.0 Å². The molecule has 4 N–H and O–H groups in total. The molecule has 0 aliphatic heterocycles. The normalized spacial score (nSPS) is 11.6. The standard InChI is InChI=1S/C31H25F2N7O4S/c1-16-8-27(30(33)36-13-16)45(42,43)39-22-12-23-19(9-17(22)2)11-24(38-23)29(41)20-14-37-40(31(20)34)25-15-35-28(10-18(25)3)44-26-7-5-4-6-21(26)32/h4-15,38-39H,34H2,1-3H3. The molecule has 0 amide bonds. The van der Waals surface area contributed by atoms with Gasteiger partial charge in [0.25, 0.3) is 10.0 Å². The highest BCUT2D eigenvalue weighted by Crippen LogP contribution is 2.30. The molecular weight excluding hydrogens is 604 g/mol. The molecule has 11 nitrogen and oxygen atoms in total. The summed E-state index contributed by atoms with van der Waals surface area (Å²) in [6, 6.07) is 13.6. The molecule has 14 heteroatoms. The molecule has 0 bridgehead atoms. The van der Waals surface area contributed by atoms with Gasteiger partial charge in [0.1, 0.15) is 10.7 Å². The van der Waals surface area contributed by atoms with Crippen LogP contribution in [0.2, 0.25) is 0 Å². The minimum absolute atomic E-state index is 0.0270. The molecule has 45 heavy (non-hydrogen) atoms. The smallest absolute Gasteiger partial charge is 0.266 e. The van der Waals surface area contributed by atoms with E-state index in [4.69, 9.17) is 10.5 Å². The van der Waals surface area contributed by atoms with Crippen LogP contribution in [-0.4, -0.2) is 38.9 Å². The monoisotopic (exact) mass is 629 g/mol. The summed E-state index contributed by atoms with van der Waals surface area (Å²) in [5.74, 6) is -1.84. The van der Waals surface area contributed by atoms with Crippen LogP contribution in [0.25, 0.3) is 16.6 Å². The highest BCUT2D eigenvalue weighted by Gasteiger charge is 2.24. The molecule has 0 saturated carbocycles. The van der Waals surface area contributed by atoms with E-state index in [9.17, 15) is 22.0 Å². The molecule has 228 valence electrons. The van der Waals surface area contributed by atoms with E-state index in [1.165, 1.54) is 47.5 Å². The van der Waals surface area contributed by atoms with Crippen LogP contribution in [0.4, 0.5) is 20.3 Å². The van der Waals surface area contributed by atoms with Gasteiger partial charge < -0.3 is 15.5 Å². The van der Waals surface area contributed by atoms with E-state index < -0.39 is 32.5 Å². The number of benzene rings is 2. The number of hydrogen-bond acceptors (Lipinski definition) is 8. The third-order valence-corrected chi connectivity index (χ3v) is 8.43. The van der Waals surface area contributed by atoms with Gasteiger partial charge in [0.15, 0.2) is 11.6 Å². The first-order valence-corrected chi connectivity index (χ1v) is 15.0. The zero-order valence-electron chi connectivity index (χ0n) is 24.1. The largest absolute Gasteiger partial charge is 0.436 e. The van der Waals surface area contributed by atoms with Crippen molar-refractivity contribution in [2.24, 2.45) is 0 Å². The molecule has 0 aliphatic rings. The summed E-state index contributed by atoms with van der Waals surface area (Å²) >= 11 is 0. The number of para-hydroxylation sites is 1. The lowest BCUT2D eigenvalue weighted by atomic mass is 10.1. The zero-order valence-corrected chi connectivity index (χ0v) is 24.9. The number of rotatable bonds is 8. The van der Waals surface area contributed by atoms with Crippen molar-refractivity contribution in [3.8, 4) is 17.3 Å². The van der Waals surface area contributed by atoms with E-state index in [1.807, 2.05) is 0 Å². The van der Waals surface area contributed by atoms with Gasteiger partial charge in [-0.25, -0.2) is 27.5 Å². The van der Waals surface area contributed by atoms with Gasteiger partial charge in [0, 0.05) is 23.2 Å². The third kappa shape index (κ3) is 5.58. The Labute approximate surface area is 255 Å².